The van der Waals surface area contributed by atoms with Crippen LogP contribution in [0, 0.1) is 5.92 Å². The van der Waals surface area contributed by atoms with Crippen molar-refractivity contribution in [1.29, 1.82) is 0 Å². The number of carbonyl (C=O) groups is 1. The molecule has 0 radical (unpaired) electrons. The third kappa shape index (κ3) is 4.34. The molecule has 0 atom stereocenters. The van der Waals surface area contributed by atoms with Crippen LogP contribution in [0.25, 0.3) is 10.7 Å². The van der Waals surface area contributed by atoms with Crippen molar-refractivity contribution in [3.8, 4) is 10.7 Å². The molecule has 0 aromatic carbocycles. The molecular weight excluding hydrogens is 276 g/mol. The van der Waals surface area contributed by atoms with E-state index in [1.165, 1.54) is 0 Å². The van der Waals surface area contributed by atoms with Gasteiger partial charge in [0, 0.05) is 6.54 Å². The Balaban J connectivity index is 1.75. The number of aromatic nitrogens is 2. The molecule has 0 saturated carbocycles. The van der Waals surface area contributed by atoms with Crippen LogP contribution >= 0.6 is 11.3 Å². The summed E-state index contributed by atoms with van der Waals surface area (Å²) < 4.78 is 5.08. The first kappa shape index (κ1) is 14.5. The molecule has 2 rings (SSSR count). The van der Waals surface area contributed by atoms with E-state index < -0.39 is 0 Å². The number of nitrogens with zero attached hydrogens (tertiary/aromatic N) is 2. The molecule has 2 amide bonds. The van der Waals surface area contributed by atoms with Gasteiger partial charge in [-0.1, -0.05) is 25.1 Å². The fourth-order valence-corrected chi connectivity index (χ4v) is 2.17. The fourth-order valence-electron chi connectivity index (χ4n) is 1.53. The molecule has 0 bridgehead atoms. The molecule has 0 spiro atoms. The summed E-state index contributed by atoms with van der Waals surface area (Å²) in [6, 6.07) is 3.63. The summed E-state index contributed by atoms with van der Waals surface area (Å²) in [5.74, 6) is 1.52. The average Bonchev–Trinajstić information content (AvgIpc) is 3.06. The molecule has 2 aromatic heterocycles. The van der Waals surface area contributed by atoms with E-state index in [0.29, 0.717) is 24.2 Å². The standard InChI is InChI=1S/C13H18N4O2S/c1-9(2)5-6-14-13(18)15-8-11-16-12(17-19-11)10-4-3-7-20-10/h3-4,7,9H,5-6,8H2,1-2H3,(H2,14,15,18). The number of hydrogen-bond donors (Lipinski definition) is 2. The summed E-state index contributed by atoms with van der Waals surface area (Å²) in [4.78, 5) is 16.7. The number of urea groups is 1. The topological polar surface area (TPSA) is 80.0 Å². The van der Waals surface area contributed by atoms with Gasteiger partial charge in [-0.15, -0.1) is 11.3 Å². The SMILES string of the molecule is CC(C)CCNC(=O)NCc1nc(-c2cccs2)no1. The highest BCUT2D eigenvalue weighted by Gasteiger charge is 2.10. The second-order valence-electron chi connectivity index (χ2n) is 4.78. The van der Waals surface area contributed by atoms with Crippen LogP contribution in [-0.4, -0.2) is 22.7 Å². The fraction of sp³-hybridized carbons (Fsp3) is 0.462. The van der Waals surface area contributed by atoms with Gasteiger partial charge in [0.05, 0.1) is 11.4 Å². The average molecular weight is 294 g/mol. The molecule has 0 aliphatic heterocycles. The van der Waals surface area contributed by atoms with E-state index in [4.69, 9.17) is 4.52 Å². The third-order valence-electron chi connectivity index (χ3n) is 2.62. The van der Waals surface area contributed by atoms with Crippen molar-refractivity contribution >= 4 is 17.4 Å². The Morgan fingerprint density at radius 1 is 1.45 bits per heavy atom. The predicted octanol–water partition coefficient (Wildman–Crippen LogP) is 2.64. The van der Waals surface area contributed by atoms with Crippen LogP contribution in [0.5, 0.6) is 0 Å². The Morgan fingerprint density at radius 2 is 2.30 bits per heavy atom. The summed E-state index contributed by atoms with van der Waals surface area (Å²) in [5, 5.41) is 11.3. The van der Waals surface area contributed by atoms with Crippen LogP contribution in [0.15, 0.2) is 22.0 Å². The van der Waals surface area contributed by atoms with Gasteiger partial charge in [0.1, 0.15) is 0 Å². The summed E-state index contributed by atoms with van der Waals surface area (Å²) in [5.41, 5.74) is 0. The normalized spacial score (nSPS) is 10.8. The lowest BCUT2D eigenvalue weighted by molar-refractivity contribution is 0.238. The molecule has 20 heavy (non-hydrogen) atoms. The van der Waals surface area contributed by atoms with Crippen molar-refractivity contribution in [2.75, 3.05) is 6.54 Å². The van der Waals surface area contributed by atoms with Crippen LogP contribution < -0.4 is 10.6 Å². The van der Waals surface area contributed by atoms with E-state index in [2.05, 4.69) is 34.6 Å². The molecule has 2 heterocycles. The lowest BCUT2D eigenvalue weighted by Crippen LogP contribution is -2.36. The van der Waals surface area contributed by atoms with Crippen LogP contribution in [0.4, 0.5) is 4.79 Å². The Hall–Kier alpha value is -1.89. The van der Waals surface area contributed by atoms with E-state index in [9.17, 15) is 4.79 Å². The van der Waals surface area contributed by atoms with Gasteiger partial charge in [-0.3, -0.25) is 0 Å². The van der Waals surface area contributed by atoms with Gasteiger partial charge in [0.15, 0.2) is 0 Å². The first-order valence-corrected chi connectivity index (χ1v) is 7.41. The molecule has 6 nitrogen and oxygen atoms in total. The second-order valence-corrected chi connectivity index (χ2v) is 5.73. The van der Waals surface area contributed by atoms with E-state index in [0.717, 1.165) is 11.3 Å². The van der Waals surface area contributed by atoms with Crippen molar-refractivity contribution in [2.45, 2.75) is 26.8 Å². The minimum atomic E-state index is -0.221. The van der Waals surface area contributed by atoms with Crippen molar-refractivity contribution in [3.63, 3.8) is 0 Å². The monoisotopic (exact) mass is 294 g/mol. The highest BCUT2D eigenvalue weighted by molar-refractivity contribution is 7.13. The molecule has 0 fully saturated rings. The molecular formula is C13H18N4O2S. The van der Waals surface area contributed by atoms with Gasteiger partial charge in [-0.2, -0.15) is 4.98 Å². The maximum absolute atomic E-state index is 11.5. The van der Waals surface area contributed by atoms with Crippen molar-refractivity contribution in [1.82, 2.24) is 20.8 Å². The molecule has 0 aliphatic carbocycles. The number of carbonyl (C=O) groups excluding carboxylic acids is 1. The summed E-state index contributed by atoms with van der Waals surface area (Å²) >= 11 is 1.54. The second kappa shape index (κ2) is 7.04. The summed E-state index contributed by atoms with van der Waals surface area (Å²) in [6.45, 7) is 5.12. The quantitative estimate of drug-likeness (QED) is 0.858. The first-order chi connectivity index (χ1) is 9.65. The minimum absolute atomic E-state index is 0.221. The lowest BCUT2D eigenvalue weighted by atomic mass is 10.1. The number of thiophene rings is 1. The van der Waals surface area contributed by atoms with E-state index in [-0.39, 0.29) is 12.6 Å². The molecule has 108 valence electrons. The van der Waals surface area contributed by atoms with Crippen LogP contribution in [0.2, 0.25) is 0 Å². The number of rotatable bonds is 6. The van der Waals surface area contributed by atoms with Crippen molar-refractivity contribution in [2.24, 2.45) is 5.92 Å². The zero-order chi connectivity index (χ0) is 14.4. The van der Waals surface area contributed by atoms with Gasteiger partial charge in [-0.25, -0.2) is 4.79 Å². The minimum Gasteiger partial charge on any atom is -0.338 e. The van der Waals surface area contributed by atoms with Crippen molar-refractivity contribution < 1.29 is 9.32 Å². The van der Waals surface area contributed by atoms with Crippen LogP contribution in [0.3, 0.4) is 0 Å². The molecule has 0 saturated heterocycles. The van der Waals surface area contributed by atoms with Gasteiger partial charge in [-0.05, 0) is 23.8 Å². The Bertz CT molecular complexity index is 536. The summed E-state index contributed by atoms with van der Waals surface area (Å²) in [6.07, 6.45) is 0.955. The number of amides is 2. The molecule has 0 unspecified atom stereocenters. The number of nitrogens with one attached hydrogen (secondary N) is 2. The van der Waals surface area contributed by atoms with Crippen LogP contribution in [-0.2, 0) is 6.54 Å². The van der Waals surface area contributed by atoms with Gasteiger partial charge in [0.2, 0.25) is 11.7 Å². The van der Waals surface area contributed by atoms with Gasteiger partial charge in [0.25, 0.3) is 0 Å². The van der Waals surface area contributed by atoms with E-state index in [1.54, 1.807) is 11.3 Å². The third-order valence-corrected chi connectivity index (χ3v) is 3.48. The van der Waals surface area contributed by atoms with Crippen molar-refractivity contribution in [3.05, 3.63) is 23.4 Å². The molecule has 2 aromatic rings. The zero-order valence-electron chi connectivity index (χ0n) is 11.5. The van der Waals surface area contributed by atoms with Crippen LogP contribution in [0.1, 0.15) is 26.2 Å². The van der Waals surface area contributed by atoms with Gasteiger partial charge < -0.3 is 15.2 Å². The molecule has 7 heteroatoms. The highest BCUT2D eigenvalue weighted by Crippen LogP contribution is 2.21. The smallest absolute Gasteiger partial charge is 0.315 e. The Morgan fingerprint density at radius 3 is 3.00 bits per heavy atom. The Labute approximate surface area is 121 Å². The maximum atomic E-state index is 11.5. The maximum Gasteiger partial charge on any atom is 0.315 e. The lowest BCUT2D eigenvalue weighted by Gasteiger charge is -2.07. The zero-order valence-corrected chi connectivity index (χ0v) is 12.4. The van der Waals surface area contributed by atoms with E-state index in [1.807, 2.05) is 17.5 Å². The number of hydrogen-bond acceptors (Lipinski definition) is 5. The van der Waals surface area contributed by atoms with E-state index >= 15 is 0 Å². The molecule has 2 N–H and O–H groups in total. The first-order valence-electron chi connectivity index (χ1n) is 6.53. The predicted molar refractivity (Wildman–Crippen MR) is 77.3 cm³/mol. The van der Waals surface area contributed by atoms with Gasteiger partial charge >= 0.3 is 6.03 Å². The largest absolute Gasteiger partial charge is 0.338 e. The Kier molecular flexibility index (Phi) is 5.11. The molecule has 0 aliphatic rings. The highest BCUT2D eigenvalue weighted by atomic mass is 32.1. The summed E-state index contributed by atoms with van der Waals surface area (Å²) in [7, 11) is 0.